The summed E-state index contributed by atoms with van der Waals surface area (Å²) < 4.78 is 1.50. The van der Waals surface area contributed by atoms with Gasteiger partial charge in [0.1, 0.15) is 0 Å². The average Bonchev–Trinajstić information content (AvgIpc) is 3.07. The van der Waals surface area contributed by atoms with Crippen molar-refractivity contribution >= 4 is 35.9 Å². The summed E-state index contributed by atoms with van der Waals surface area (Å²) in [5, 5.41) is 23.5. The number of nitro benzene ring substituents is 1. The molecule has 11 nitrogen and oxygen atoms in total. The number of amides is 2. The molecule has 3 rings (SSSR count). The van der Waals surface area contributed by atoms with E-state index in [-0.39, 0.29) is 36.1 Å². The molecule has 2 amide bonds. The van der Waals surface area contributed by atoms with Crippen molar-refractivity contribution in [2.24, 2.45) is 7.05 Å². The van der Waals surface area contributed by atoms with Gasteiger partial charge in [0.2, 0.25) is 11.9 Å². The maximum Gasteiger partial charge on any atom is 0.270 e. The zero-order valence-electron chi connectivity index (χ0n) is 15.8. The molecule has 1 aromatic heterocycles. The monoisotopic (exact) mass is 423 g/mol. The van der Waals surface area contributed by atoms with Gasteiger partial charge < -0.3 is 10.6 Å². The normalized spacial score (nSPS) is 14.0. The van der Waals surface area contributed by atoms with E-state index in [9.17, 15) is 19.7 Å². The number of piperidine rings is 1. The number of aryl methyl sites for hydroxylation is 1. The Morgan fingerprint density at radius 2 is 2.07 bits per heavy atom. The lowest BCUT2D eigenvalue weighted by molar-refractivity contribution is -0.384. The lowest BCUT2D eigenvalue weighted by Crippen LogP contribution is -2.33. The number of hydrogen-bond acceptors (Lipinski definition) is 7. The van der Waals surface area contributed by atoms with Gasteiger partial charge >= 0.3 is 0 Å². The predicted octanol–water partition coefficient (Wildman–Crippen LogP) is 0.981. The first-order valence-electron chi connectivity index (χ1n) is 8.88. The van der Waals surface area contributed by atoms with Crippen LogP contribution in [-0.4, -0.2) is 51.1 Å². The Balaban J connectivity index is 0.00000300. The molecule has 2 aromatic rings. The lowest BCUT2D eigenvalue weighted by Gasteiger charge is -2.19. The SMILES string of the molecule is Cl.Cn1nc(C2CCNCC2)nc1NC(=O)CNC(=O)c1cccc([N+](=O)[O-])c1. The minimum atomic E-state index is -0.586. The first kappa shape index (κ1) is 22.2. The number of benzene rings is 1. The molecular weight excluding hydrogens is 402 g/mol. The minimum Gasteiger partial charge on any atom is -0.343 e. The van der Waals surface area contributed by atoms with Crippen LogP contribution >= 0.6 is 12.4 Å². The van der Waals surface area contributed by atoms with E-state index < -0.39 is 16.7 Å². The Kier molecular flexibility index (Phi) is 7.62. The van der Waals surface area contributed by atoms with Crippen molar-refractivity contribution in [2.75, 3.05) is 25.0 Å². The highest BCUT2D eigenvalue weighted by molar-refractivity contribution is 5.99. The Labute approximate surface area is 172 Å². The van der Waals surface area contributed by atoms with E-state index in [1.165, 1.54) is 22.9 Å². The Morgan fingerprint density at radius 3 is 2.76 bits per heavy atom. The molecule has 1 aromatic carbocycles. The molecule has 0 unspecified atom stereocenters. The number of halogens is 1. The van der Waals surface area contributed by atoms with Crippen LogP contribution < -0.4 is 16.0 Å². The second-order valence-corrected chi connectivity index (χ2v) is 6.48. The van der Waals surface area contributed by atoms with Crippen LogP contribution in [0.1, 0.15) is 34.9 Å². The van der Waals surface area contributed by atoms with Crippen molar-refractivity contribution in [2.45, 2.75) is 18.8 Å². The molecular formula is C17H22ClN7O4. The van der Waals surface area contributed by atoms with Crippen LogP contribution in [0.5, 0.6) is 0 Å². The first-order valence-corrected chi connectivity index (χ1v) is 8.88. The fraction of sp³-hybridized carbons (Fsp3) is 0.412. The highest BCUT2D eigenvalue weighted by Gasteiger charge is 2.21. The molecule has 0 aliphatic carbocycles. The molecule has 29 heavy (non-hydrogen) atoms. The van der Waals surface area contributed by atoms with Crippen LogP contribution in [0.4, 0.5) is 11.6 Å². The summed E-state index contributed by atoms with van der Waals surface area (Å²) in [6.07, 6.45) is 1.88. The number of hydrogen-bond donors (Lipinski definition) is 3. The van der Waals surface area contributed by atoms with Gasteiger partial charge in [-0.15, -0.1) is 12.4 Å². The predicted molar refractivity (Wildman–Crippen MR) is 107 cm³/mol. The third-order valence-electron chi connectivity index (χ3n) is 4.46. The van der Waals surface area contributed by atoms with Crippen molar-refractivity contribution in [1.82, 2.24) is 25.4 Å². The van der Waals surface area contributed by atoms with Crippen LogP contribution in [0, 0.1) is 10.1 Å². The second-order valence-electron chi connectivity index (χ2n) is 6.48. The van der Waals surface area contributed by atoms with E-state index in [1.54, 1.807) is 7.05 Å². The third kappa shape index (κ3) is 5.72. The molecule has 3 N–H and O–H groups in total. The molecule has 0 atom stereocenters. The van der Waals surface area contributed by atoms with Gasteiger partial charge in [-0.25, -0.2) is 4.68 Å². The number of carbonyl (C=O) groups excluding carboxylic acids is 2. The zero-order valence-corrected chi connectivity index (χ0v) is 16.6. The molecule has 1 fully saturated rings. The van der Waals surface area contributed by atoms with Crippen LogP contribution in [0.2, 0.25) is 0 Å². The molecule has 2 heterocycles. The van der Waals surface area contributed by atoms with Crippen molar-refractivity contribution in [1.29, 1.82) is 0 Å². The van der Waals surface area contributed by atoms with Gasteiger partial charge in [-0.2, -0.15) is 10.1 Å². The highest BCUT2D eigenvalue weighted by atomic mass is 35.5. The fourth-order valence-electron chi connectivity index (χ4n) is 2.96. The van der Waals surface area contributed by atoms with Gasteiger partial charge in [0, 0.05) is 30.7 Å². The Hall–Kier alpha value is -3.05. The van der Waals surface area contributed by atoms with E-state index >= 15 is 0 Å². The summed E-state index contributed by atoms with van der Waals surface area (Å²) in [5.41, 5.74) is -0.0875. The molecule has 0 saturated carbocycles. The maximum atomic E-state index is 12.1. The van der Waals surface area contributed by atoms with Crippen LogP contribution in [-0.2, 0) is 11.8 Å². The van der Waals surface area contributed by atoms with Gasteiger partial charge in [-0.05, 0) is 32.0 Å². The molecule has 1 aliphatic rings. The van der Waals surface area contributed by atoms with Gasteiger partial charge in [-0.3, -0.25) is 25.0 Å². The van der Waals surface area contributed by atoms with Gasteiger partial charge in [0.05, 0.1) is 11.5 Å². The van der Waals surface area contributed by atoms with Crippen LogP contribution in [0.25, 0.3) is 0 Å². The summed E-state index contributed by atoms with van der Waals surface area (Å²) in [6, 6.07) is 5.29. The quantitative estimate of drug-likeness (QED) is 0.464. The minimum absolute atomic E-state index is 0. The third-order valence-corrected chi connectivity index (χ3v) is 4.46. The number of carbonyl (C=O) groups is 2. The molecule has 0 radical (unpaired) electrons. The Morgan fingerprint density at radius 1 is 1.34 bits per heavy atom. The second kappa shape index (κ2) is 9.94. The molecule has 1 aliphatic heterocycles. The molecule has 1 saturated heterocycles. The fourth-order valence-corrected chi connectivity index (χ4v) is 2.96. The summed E-state index contributed by atoms with van der Waals surface area (Å²) in [7, 11) is 1.69. The van der Waals surface area contributed by atoms with E-state index in [0.717, 1.165) is 32.0 Å². The summed E-state index contributed by atoms with van der Waals surface area (Å²) in [5.74, 6) is 0.216. The standard InChI is InChI=1S/C17H21N7O4.ClH/c1-23-17(21-15(22-23)11-5-7-18-8-6-11)20-14(25)10-19-16(26)12-3-2-4-13(9-12)24(27)28;/h2-4,9,11,18H,5-8,10H2,1H3,(H,19,26)(H,20,21,22,25);1H. The number of non-ortho nitro benzene ring substituents is 1. The molecule has 0 spiro atoms. The van der Waals surface area contributed by atoms with Crippen molar-refractivity contribution in [3.63, 3.8) is 0 Å². The smallest absolute Gasteiger partial charge is 0.270 e. The largest absolute Gasteiger partial charge is 0.343 e. The zero-order chi connectivity index (χ0) is 20.1. The molecule has 12 heteroatoms. The summed E-state index contributed by atoms with van der Waals surface area (Å²) >= 11 is 0. The maximum absolute atomic E-state index is 12.1. The van der Waals surface area contributed by atoms with Gasteiger partial charge in [0.25, 0.3) is 11.6 Å². The van der Waals surface area contributed by atoms with E-state index in [2.05, 4.69) is 26.0 Å². The molecule has 0 bridgehead atoms. The number of anilines is 1. The summed E-state index contributed by atoms with van der Waals surface area (Å²) in [4.78, 5) is 38.8. The number of rotatable bonds is 6. The molecule has 156 valence electrons. The Bertz CT molecular complexity index is 896. The number of nitrogens with one attached hydrogen (secondary N) is 3. The number of nitro groups is 1. The van der Waals surface area contributed by atoms with E-state index in [0.29, 0.717) is 11.8 Å². The topological polar surface area (TPSA) is 144 Å². The van der Waals surface area contributed by atoms with Gasteiger partial charge in [-0.1, -0.05) is 6.07 Å². The van der Waals surface area contributed by atoms with Crippen molar-refractivity contribution in [3.05, 3.63) is 45.8 Å². The highest BCUT2D eigenvalue weighted by Crippen LogP contribution is 2.23. The van der Waals surface area contributed by atoms with Crippen molar-refractivity contribution in [3.8, 4) is 0 Å². The van der Waals surface area contributed by atoms with Crippen LogP contribution in [0.3, 0.4) is 0 Å². The number of aromatic nitrogens is 3. The summed E-state index contributed by atoms with van der Waals surface area (Å²) in [6.45, 7) is 1.53. The lowest BCUT2D eigenvalue weighted by atomic mass is 9.98. The average molecular weight is 424 g/mol. The van der Waals surface area contributed by atoms with Gasteiger partial charge in [0.15, 0.2) is 5.82 Å². The van der Waals surface area contributed by atoms with Crippen LogP contribution in [0.15, 0.2) is 24.3 Å². The van der Waals surface area contributed by atoms with E-state index in [4.69, 9.17) is 0 Å². The van der Waals surface area contributed by atoms with Crippen molar-refractivity contribution < 1.29 is 14.5 Å². The van der Waals surface area contributed by atoms with E-state index in [1.807, 2.05) is 0 Å². The first-order chi connectivity index (χ1) is 13.4. The number of nitrogens with zero attached hydrogens (tertiary/aromatic N) is 4.